The highest BCUT2D eigenvalue weighted by molar-refractivity contribution is 5.71. The SMILES string of the molecule is CNc1cccc(-c2ccc(C)c(C)c2OC)n1. The van der Waals surface area contributed by atoms with Crippen LogP contribution >= 0.6 is 0 Å². The molecule has 0 amide bonds. The van der Waals surface area contributed by atoms with E-state index < -0.39 is 0 Å². The lowest BCUT2D eigenvalue weighted by atomic mass is 10.0. The molecule has 2 aromatic rings. The van der Waals surface area contributed by atoms with Crippen molar-refractivity contribution in [3.63, 3.8) is 0 Å². The first-order valence-electron chi connectivity index (χ1n) is 5.96. The lowest BCUT2D eigenvalue weighted by Crippen LogP contribution is -1.97. The minimum atomic E-state index is 0.854. The Hall–Kier alpha value is -2.03. The van der Waals surface area contributed by atoms with Crippen LogP contribution in [0, 0.1) is 13.8 Å². The van der Waals surface area contributed by atoms with Crippen LogP contribution in [0.5, 0.6) is 5.75 Å². The number of nitrogens with zero attached hydrogens (tertiary/aromatic N) is 1. The first-order valence-corrected chi connectivity index (χ1v) is 5.96. The van der Waals surface area contributed by atoms with Crippen LogP contribution in [0.15, 0.2) is 30.3 Å². The fourth-order valence-electron chi connectivity index (χ4n) is 1.98. The summed E-state index contributed by atoms with van der Waals surface area (Å²) in [7, 11) is 3.57. The monoisotopic (exact) mass is 242 g/mol. The Morgan fingerprint density at radius 3 is 2.56 bits per heavy atom. The van der Waals surface area contributed by atoms with E-state index in [1.54, 1.807) is 7.11 Å². The molecule has 0 fully saturated rings. The van der Waals surface area contributed by atoms with Gasteiger partial charge in [-0.3, -0.25) is 0 Å². The highest BCUT2D eigenvalue weighted by Gasteiger charge is 2.11. The Labute approximate surface area is 108 Å². The first kappa shape index (κ1) is 12.4. The van der Waals surface area contributed by atoms with Crippen molar-refractivity contribution in [1.82, 2.24) is 4.98 Å². The van der Waals surface area contributed by atoms with Crippen LogP contribution < -0.4 is 10.1 Å². The van der Waals surface area contributed by atoms with Crippen molar-refractivity contribution in [2.75, 3.05) is 19.5 Å². The summed E-state index contributed by atoms with van der Waals surface area (Å²) in [5, 5.41) is 3.05. The summed E-state index contributed by atoms with van der Waals surface area (Å²) in [5.41, 5.74) is 4.33. The number of hydrogen-bond acceptors (Lipinski definition) is 3. The summed E-state index contributed by atoms with van der Waals surface area (Å²) >= 11 is 0. The molecule has 3 nitrogen and oxygen atoms in total. The maximum atomic E-state index is 5.52. The Morgan fingerprint density at radius 2 is 1.89 bits per heavy atom. The molecule has 0 aliphatic heterocycles. The topological polar surface area (TPSA) is 34.1 Å². The van der Waals surface area contributed by atoms with Gasteiger partial charge in [-0.05, 0) is 43.2 Å². The fraction of sp³-hybridized carbons (Fsp3) is 0.267. The van der Waals surface area contributed by atoms with Crippen molar-refractivity contribution in [2.45, 2.75) is 13.8 Å². The first-order chi connectivity index (χ1) is 8.67. The number of nitrogens with one attached hydrogen (secondary N) is 1. The molecule has 18 heavy (non-hydrogen) atoms. The van der Waals surface area contributed by atoms with Crippen LogP contribution in [0.25, 0.3) is 11.3 Å². The lowest BCUT2D eigenvalue weighted by Gasteiger charge is -2.13. The summed E-state index contributed by atoms with van der Waals surface area (Å²) in [4.78, 5) is 4.55. The van der Waals surface area contributed by atoms with E-state index in [4.69, 9.17) is 4.74 Å². The molecule has 0 aliphatic rings. The third kappa shape index (κ3) is 2.16. The van der Waals surface area contributed by atoms with Gasteiger partial charge in [0, 0.05) is 12.6 Å². The summed E-state index contributed by atoms with van der Waals surface area (Å²) in [6.45, 7) is 4.15. The van der Waals surface area contributed by atoms with Gasteiger partial charge in [-0.15, -0.1) is 0 Å². The molecule has 0 bridgehead atoms. The standard InChI is InChI=1S/C15H18N2O/c1-10-8-9-12(15(18-4)11(10)2)13-6-5-7-14(16-3)17-13/h5-9H,1-4H3,(H,16,17). The number of hydrogen-bond donors (Lipinski definition) is 1. The Bertz CT molecular complexity index is 564. The van der Waals surface area contributed by atoms with Crippen molar-refractivity contribution >= 4 is 5.82 Å². The van der Waals surface area contributed by atoms with Gasteiger partial charge in [0.25, 0.3) is 0 Å². The second kappa shape index (κ2) is 5.08. The molecular formula is C15H18N2O. The van der Waals surface area contributed by atoms with Gasteiger partial charge in [0.05, 0.1) is 12.8 Å². The predicted octanol–water partition coefficient (Wildman–Crippen LogP) is 3.42. The second-order valence-electron chi connectivity index (χ2n) is 4.25. The zero-order valence-corrected chi connectivity index (χ0v) is 11.2. The maximum Gasteiger partial charge on any atom is 0.131 e. The number of aryl methyl sites for hydroxylation is 1. The lowest BCUT2D eigenvalue weighted by molar-refractivity contribution is 0.413. The highest BCUT2D eigenvalue weighted by atomic mass is 16.5. The number of anilines is 1. The molecule has 1 N–H and O–H groups in total. The van der Waals surface area contributed by atoms with E-state index in [2.05, 4.69) is 36.3 Å². The maximum absolute atomic E-state index is 5.52. The van der Waals surface area contributed by atoms with Gasteiger partial charge in [-0.25, -0.2) is 4.98 Å². The van der Waals surface area contributed by atoms with E-state index in [9.17, 15) is 0 Å². The molecule has 1 aromatic heterocycles. The van der Waals surface area contributed by atoms with Crippen molar-refractivity contribution < 1.29 is 4.74 Å². The van der Waals surface area contributed by atoms with Gasteiger partial charge in [0.15, 0.2) is 0 Å². The summed E-state index contributed by atoms with van der Waals surface area (Å²) in [6, 6.07) is 10.1. The summed E-state index contributed by atoms with van der Waals surface area (Å²) in [5.74, 6) is 1.75. The van der Waals surface area contributed by atoms with Crippen molar-refractivity contribution in [1.29, 1.82) is 0 Å². The molecule has 0 aliphatic carbocycles. The van der Waals surface area contributed by atoms with Crippen molar-refractivity contribution in [3.05, 3.63) is 41.5 Å². The molecule has 1 heterocycles. The van der Waals surface area contributed by atoms with Gasteiger partial charge >= 0.3 is 0 Å². The molecule has 2 rings (SSSR count). The number of rotatable bonds is 3. The molecular weight excluding hydrogens is 224 g/mol. The number of ether oxygens (including phenoxy) is 1. The van der Waals surface area contributed by atoms with Crippen LogP contribution in [-0.4, -0.2) is 19.1 Å². The third-order valence-corrected chi connectivity index (χ3v) is 3.16. The smallest absolute Gasteiger partial charge is 0.131 e. The van der Waals surface area contributed by atoms with E-state index >= 15 is 0 Å². The predicted molar refractivity (Wildman–Crippen MR) is 75.2 cm³/mol. The van der Waals surface area contributed by atoms with Crippen molar-refractivity contribution in [2.24, 2.45) is 0 Å². The highest BCUT2D eigenvalue weighted by Crippen LogP contribution is 2.33. The minimum Gasteiger partial charge on any atom is -0.496 e. The normalized spacial score (nSPS) is 10.2. The zero-order valence-electron chi connectivity index (χ0n) is 11.2. The van der Waals surface area contributed by atoms with Gasteiger partial charge in [0.2, 0.25) is 0 Å². The number of aromatic nitrogens is 1. The Morgan fingerprint density at radius 1 is 1.11 bits per heavy atom. The van der Waals surface area contributed by atoms with E-state index in [0.29, 0.717) is 0 Å². The van der Waals surface area contributed by atoms with Crippen LogP contribution in [0.2, 0.25) is 0 Å². The van der Waals surface area contributed by atoms with Crippen LogP contribution in [0.1, 0.15) is 11.1 Å². The van der Waals surface area contributed by atoms with Crippen LogP contribution in [0.4, 0.5) is 5.82 Å². The van der Waals surface area contributed by atoms with E-state index in [0.717, 1.165) is 28.4 Å². The minimum absolute atomic E-state index is 0.854. The van der Waals surface area contributed by atoms with Crippen LogP contribution in [-0.2, 0) is 0 Å². The van der Waals surface area contributed by atoms with E-state index in [-0.39, 0.29) is 0 Å². The van der Waals surface area contributed by atoms with Gasteiger partial charge in [-0.1, -0.05) is 12.1 Å². The van der Waals surface area contributed by atoms with E-state index in [1.807, 2.05) is 25.2 Å². The molecule has 0 saturated carbocycles. The average molecular weight is 242 g/mol. The molecule has 0 unspecified atom stereocenters. The Balaban J connectivity index is 2.59. The fourth-order valence-corrected chi connectivity index (χ4v) is 1.98. The van der Waals surface area contributed by atoms with Crippen LogP contribution in [0.3, 0.4) is 0 Å². The number of benzene rings is 1. The quantitative estimate of drug-likeness (QED) is 0.895. The van der Waals surface area contributed by atoms with Gasteiger partial charge < -0.3 is 10.1 Å². The zero-order chi connectivity index (χ0) is 13.1. The Kier molecular flexibility index (Phi) is 3.51. The molecule has 0 saturated heterocycles. The largest absolute Gasteiger partial charge is 0.496 e. The third-order valence-electron chi connectivity index (χ3n) is 3.16. The molecule has 1 aromatic carbocycles. The average Bonchev–Trinajstić information content (AvgIpc) is 2.41. The summed E-state index contributed by atoms with van der Waals surface area (Å²) in [6.07, 6.45) is 0. The van der Waals surface area contributed by atoms with Gasteiger partial charge in [0.1, 0.15) is 11.6 Å². The van der Waals surface area contributed by atoms with Crippen molar-refractivity contribution in [3.8, 4) is 17.0 Å². The molecule has 3 heteroatoms. The molecule has 0 spiro atoms. The second-order valence-corrected chi connectivity index (χ2v) is 4.25. The summed E-state index contributed by atoms with van der Waals surface area (Å²) < 4.78 is 5.52. The molecule has 94 valence electrons. The number of pyridine rings is 1. The number of methoxy groups -OCH3 is 1. The van der Waals surface area contributed by atoms with E-state index in [1.165, 1.54) is 5.56 Å². The van der Waals surface area contributed by atoms with Gasteiger partial charge in [-0.2, -0.15) is 0 Å². The molecule has 0 atom stereocenters. The molecule has 0 radical (unpaired) electrons.